The quantitative estimate of drug-likeness (QED) is 0.256. The normalized spacial score (nSPS) is 26.3. The number of alkyl halides is 3. The highest BCUT2D eigenvalue weighted by molar-refractivity contribution is 6.31. The van der Waals surface area contributed by atoms with Crippen molar-refractivity contribution in [2.45, 2.75) is 224 Å². The Hall–Kier alpha value is -7.06. The second kappa shape index (κ2) is 35.1. The Bertz CT molecular complexity index is 3010. The molecule has 2 saturated carbocycles. The number of nitrogens with one attached hydrogen (secondary N) is 3. The molecular weight excluding hydrogens is 1280 g/mol. The van der Waals surface area contributed by atoms with Crippen molar-refractivity contribution in [3.63, 3.8) is 0 Å². The number of likely N-dealkylation sites (tertiary alicyclic amines) is 1. The third-order valence-electron chi connectivity index (χ3n) is 20.7. The smallest absolute Gasteiger partial charge is 0.343 e. The van der Waals surface area contributed by atoms with E-state index in [0.717, 1.165) is 65.4 Å². The van der Waals surface area contributed by atoms with Crippen molar-refractivity contribution in [1.29, 1.82) is 0 Å². The van der Waals surface area contributed by atoms with E-state index in [-0.39, 0.29) is 57.5 Å². The van der Waals surface area contributed by atoms with Gasteiger partial charge in [0.15, 0.2) is 0 Å². The zero-order chi connectivity index (χ0) is 72.0. The fourth-order valence-electron chi connectivity index (χ4n) is 14.5. The van der Waals surface area contributed by atoms with E-state index in [1.54, 1.807) is 32.6 Å². The number of hydrogen-bond donors (Lipinski definition) is 3. The number of halogens is 4. The molecule has 3 saturated heterocycles. The van der Waals surface area contributed by atoms with Crippen LogP contribution in [0.5, 0.6) is 0 Å². The molecule has 1 aromatic rings. The van der Waals surface area contributed by atoms with Gasteiger partial charge in [-0.3, -0.25) is 57.5 Å². The molecule has 6 rings (SSSR count). The number of carbonyl (C=O) groups is 12. The number of fused-ring (bicyclic) bond motifs is 1. The fraction of sp³-hybridized carbons (Fsp3) is 0.739. The van der Waals surface area contributed by atoms with Crippen LogP contribution in [-0.2, 0) is 70.1 Å². The third kappa shape index (κ3) is 19.9. The van der Waals surface area contributed by atoms with Crippen LogP contribution in [0.4, 0.5) is 13.2 Å². The molecule has 1 aromatic carbocycles. The molecule has 2 aliphatic carbocycles. The van der Waals surface area contributed by atoms with E-state index in [1.165, 1.54) is 79.8 Å². The summed E-state index contributed by atoms with van der Waals surface area (Å²) in [6.07, 6.45) is 3.76. The zero-order valence-electron chi connectivity index (χ0n) is 59.0. The topological polar surface area (TPSA) is 270 Å². The van der Waals surface area contributed by atoms with Gasteiger partial charge in [0.1, 0.15) is 47.8 Å². The first-order valence-electron chi connectivity index (χ1n) is 34.9. The first-order valence-corrected chi connectivity index (χ1v) is 35.3. The molecular formula is C69H106ClF3N12O12. The Morgan fingerprint density at radius 2 is 1.29 bits per heavy atom. The van der Waals surface area contributed by atoms with Gasteiger partial charge in [-0.2, -0.15) is 13.2 Å². The van der Waals surface area contributed by atoms with Crippen LogP contribution in [-0.4, -0.2) is 251 Å². The average molecular weight is 1390 g/mol. The number of aryl methyl sites for hydroxylation is 1. The highest BCUT2D eigenvalue weighted by Gasteiger charge is 2.51. The van der Waals surface area contributed by atoms with Gasteiger partial charge in [-0.1, -0.05) is 104 Å². The summed E-state index contributed by atoms with van der Waals surface area (Å²) < 4.78 is 41.5. The van der Waals surface area contributed by atoms with Crippen molar-refractivity contribution in [3.05, 3.63) is 34.3 Å². The van der Waals surface area contributed by atoms with Crippen LogP contribution in [0.15, 0.2) is 18.2 Å². The lowest BCUT2D eigenvalue weighted by atomic mass is 9.84. The van der Waals surface area contributed by atoms with E-state index < -0.39 is 173 Å². The lowest BCUT2D eigenvalue weighted by Crippen LogP contribution is -2.65. The SMILES string of the molecule is CCCN1C(=O)C[C@@H](C(=O)N2CCCCC2)N(C)C(=O)[C@H](C(C)C)N(C)C(=O)C2(CCCC2)NC(=O)C2CCCN2C(=O)[C@H](CCc2ccc(C(F)(F)F)c(Cl)c2)NC(=O)CN(C)C(=O)[C@H](CC2CCCCC2)N(C)C(=O)CN(C)C(=O)CN(C)C(=O)[C@H]([C@@H](C)CC)NC(=O)[C@@H]1C. The molecule has 0 radical (unpaired) electrons. The van der Waals surface area contributed by atoms with Crippen LogP contribution in [0.2, 0.25) is 5.02 Å². The average Bonchev–Trinajstić information content (AvgIpc) is 1.75. The van der Waals surface area contributed by atoms with Gasteiger partial charge in [-0.25, -0.2) is 0 Å². The second-order valence-electron chi connectivity index (χ2n) is 28.1. The maximum Gasteiger partial charge on any atom is 0.417 e. The minimum atomic E-state index is -4.76. The van der Waals surface area contributed by atoms with Crippen LogP contribution in [0.25, 0.3) is 0 Å². The van der Waals surface area contributed by atoms with Gasteiger partial charge in [0.2, 0.25) is 70.9 Å². The number of piperidine rings is 1. The Morgan fingerprint density at radius 3 is 1.89 bits per heavy atom. The summed E-state index contributed by atoms with van der Waals surface area (Å²) in [4.78, 5) is 189. The van der Waals surface area contributed by atoms with Crippen molar-refractivity contribution >= 4 is 82.5 Å². The molecule has 3 N–H and O–H groups in total. The lowest BCUT2D eigenvalue weighted by molar-refractivity contribution is -0.156. The predicted octanol–water partition coefficient (Wildman–Crippen LogP) is 5.25. The zero-order valence-corrected chi connectivity index (χ0v) is 59.8. The van der Waals surface area contributed by atoms with Crippen molar-refractivity contribution in [3.8, 4) is 0 Å². The number of hydrogen-bond acceptors (Lipinski definition) is 12. The molecule has 28 heteroatoms. The summed E-state index contributed by atoms with van der Waals surface area (Å²) in [7, 11) is 8.41. The second-order valence-corrected chi connectivity index (χ2v) is 28.5. The first-order chi connectivity index (χ1) is 45.7. The highest BCUT2D eigenvalue weighted by Crippen LogP contribution is 2.37. The van der Waals surface area contributed by atoms with Crippen LogP contribution in [0.1, 0.15) is 175 Å². The molecule has 1 spiro atoms. The molecule has 8 atom stereocenters. The van der Waals surface area contributed by atoms with E-state index in [4.69, 9.17) is 11.6 Å². The van der Waals surface area contributed by atoms with E-state index in [2.05, 4.69) is 16.0 Å². The monoisotopic (exact) mass is 1390 g/mol. The largest absolute Gasteiger partial charge is 0.417 e. The Morgan fingerprint density at radius 1 is 0.670 bits per heavy atom. The van der Waals surface area contributed by atoms with Crippen LogP contribution < -0.4 is 16.0 Å². The lowest BCUT2D eigenvalue weighted by Gasteiger charge is -2.42. The fourth-order valence-corrected chi connectivity index (χ4v) is 14.8. The van der Waals surface area contributed by atoms with E-state index >= 15 is 14.4 Å². The van der Waals surface area contributed by atoms with Gasteiger partial charge >= 0.3 is 6.18 Å². The Kier molecular flexibility index (Phi) is 28.6. The first kappa shape index (κ1) is 78.9. The molecule has 0 aromatic heterocycles. The van der Waals surface area contributed by atoms with Gasteiger partial charge in [-0.15, -0.1) is 0 Å². The molecule has 5 fully saturated rings. The van der Waals surface area contributed by atoms with Gasteiger partial charge in [0.25, 0.3) is 0 Å². The van der Waals surface area contributed by atoms with E-state index in [9.17, 15) is 56.3 Å². The predicted molar refractivity (Wildman–Crippen MR) is 357 cm³/mol. The number of carbonyl (C=O) groups excluding carboxylic acids is 12. The number of amides is 12. The van der Waals surface area contributed by atoms with Gasteiger partial charge < -0.3 is 60.0 Å². The number of nitrogens with zero attached hydrogens (tertiary/aromatic N) is 9. The maximum absolute atomic E-state index is 15.4. The summed E-state index contributed by atoms with van der Waals surface area (Å²) in [5, 5.41) is 8.04. The van der Waals surface area contributed by atoms with E-state index in [1.807, 2.05) is 6.92 Å². The molecule has 3 heterocycles. The third-order valence-corrected chi connectivity index (χ3v) is 21.0. The van der Waals surface area contributed by atoms with Gasteiger partial charge in [0.05, 0.1) is 36.6 Å². The number of benzene rings is 1. The molecule has 5 aliphatic rings. The minimum absolute atomic E-state index is 0.0200. The molecule has 12 amide bonds. The number of likely N-dealkylation sites (N-methyl/N-ethyl adjacent to an activating group) is 6. The molecule has 3 aliphatic heterocycles. The molecule has 1 unspecified atom stereocenters. The molecule has 97 heavy (non-hydrogen) atoms. The summed E-state index contributed by atoms with van der Waals surface area (Å²) in [5.41, 5.74) is -2.36. The van der Waals surface area contributed by atoms with Crippen LogP contribution in [0.3, 0.4) is 0 Å². The maximum atomic E-state index is 15.4. The Labute approximate surface area is 575 Å². The summed E-state index contributed by atoms with van der Waals surface area (Å²) in [6.45, 7) is 9.48. The summed E-state index contributed by atoms with van der Waals surface area (Å²) >= 11 is 6.14. The van der Waals surface area contributed by atoms with E-state index in [0.29, 0.717) is 63.6 Å². The molecule has 0 bridgehead atoms. The molecule has 24 nitrogen and oxygen atoms in total. The van der Waals surface area contributed by atoms with Crippen molar-refractivity contribution in [1.82, 2.24) is 60.0 Å². The molecule has 542 valence electrons. The van der Waals surface area contributed by atoms with Gasteiger partial charge in [0, 0.05) is 68.5 Å². The van der Waals surface area contributed by atoms with Crippen molar-refractivity contribution in [2.75, 3.05) is 88.1 Å². The minimum Gasteiger partial charge on any atom is -0.343 e. The van der Waals surface area contributed by atoms with Crippen LogP contribution >= 0.6 is 11.6 Å². The summed E-state index contributed by atoms with van der Waals surface area (Å²) in [5.74, 6) is -8.94. The standard InChI is InChI=1S/C69H106ClF3N12O12/c1-13-33-84-45(6)60(90)75-58(44(5)14-2)65(95)79(9)41-56(88)77(7)42-57(89)80(10)52(38-46-24-17-15-18-25-46)63(93)78(8)40-54(86)74-50(30-28-47-27-29-48(49(70)37-47)69(71,72)73)62(92)85-36-23-26-51(85)61(91)76-68(31-19-20-32-68)67(97)82(12)59(43(3)4)66(96)81(11)53(39-55(84)87)64(94)83-34-21-16-22-35-83/h27,29,37,43-46,50-53,58-59H,13-26,28,30-36,38-42H2,1-12H3,(H,74,86)(H,75,90)(H,76,91)/t44-,45-,50-,51?,52-,53-,58-,59-/m0/s1. The highest BCUT2D eigenvalue weighted by atomic mass is 35.5. The van der Waals surface area contributed by atoms with Crippen molar-refractivity contribution in [2.24, 2.45) is 17.8 Å². The Balaban J connectivity index is 1.41. The summed E-state index contributed by atoms with van der Waals surface area (Å²) in [6, 6.07) is -5.66. The van der Waals surface area contributed by atoms with Gasteiger partial charge in [-0.05, 0) is 113 Å². The van der Waals surface area contributed by atoms with Crippen LogP contribution in [0, 0.1) is 17.8 Å². The number of rotatable bonds is 11. The van der Waals surface area contributed by atoms with Crippen molar-refractivity contribution < 1.29 is 70.7 Å².